The van der Waals surface area contributed by atoms with Gasteiger partial charge in [-0.05, 0) is 87.7 Å². The first kappa shape index (κ1) is 43.2. The Kier molecular flexibility index (Phi) is 16.8. The lowest BCUT2D eigenvalue weighted by atomic mass is 9.84. The summed E-state index contributed by atoms with van der Waals surface area (Å²) < 4.78 is 0. The summed E-state index contributed by atoms with van der Waals surface area (Å²) in [5, 5.41) is 9.00. The Balaban J connectivity index is 1.45. The molecule has 3 aromatic rings. The third-order valence-corrected chi connectivity index (χ3v) is 11.4. The van der Waals surface area contributed by atoms with Crippen LogP contribution in [0.5, 0.6) is 0 Å². The van der Waals surface area contributed by atoms with Crippen LogP contribution in [0.1, 0.15) is 81.8 Å². The number of carbonyl (C=O) groups excluding carboxylic acids is 5. The molecule has 2 aliphatic rings. The molecule has 0 radical (unpaired) electrons. The molecule has 3 aromatic carbocycles. The molecule has 5 rings (SSSR count). The summed E-state index contributed by atoms with van der Waals surface area (Å²) in [5.41, 5.74) is 14.8. The molecule has 0 bridgehead atoms. The summed E-state index contributed by atoms with van der Waals surface area (Å²) in [7, 11) is 1.71. The van der Waals surface area contributed by atoms with E-state index in [9.17, 15) is 19.2 Å². The highest BCUT2D eigenvalue weighted by Gasteiger charge is 2.45. The SMILES string of the molecule is CN[C@@H](Cc1ccccc1)C(=O)N[C@@H](CCCCN)C(=O)N1CCC[C@H]1C(=O)N(C(=O)[C@H](N)CC1CCCCC1)[C@@H](Cc1ccccc1)C(=O)Nc1ccccc1. The van der Waals surface area contributed by atoms with Gasteiger partial charge < -0.3 is 32.3 Å². The smallest absolute Gasteiger partial charge is 0.252 e. The van der Waals surface area contributed by atoms with Crippen molar-refractivity contribution in [2.24, 2.45) is 17.4 Å². The van der Waals surface area contributed by atoms with Gasteiger partial charge >= 0.3 is 0 Å². The summed E-state index contributed by atoms with van der Waals surface area (Å²) in [6, 6.07) is 23.0. The van der Waals surface area contributed by atoms with E-state index in [-0.39, 0.29) is 24.8 Å². The van der Waals surface area contributed by atoms with Gasteiger partial charge in [0.25, 0.3) is 5.91 Å². The maximum absolute atomic E-state index is 15.1. The summed E-state index contributed by atoms with van der Waals surface area (Å²) in [5.74, 6) is -2.29. The normalized spacial score (nSPS) is 17.9. The number of imide groups is 1. The fourth-order valence-corrected chi connectivity index (χ4v) is 8.21. The van der Waals surface area contributed by atoms with E-state index < -0.39 is 53.8 Å². The van der Waals surface area contributed by atoms with Crippen LogP contribution in [0.25, 0.3) is 0 Å². The molecule has 0 aromatic heterocycles. The van der Waals surface area contributed by atoms with E-state index in [1.165, 1.54) is 4.90 Å². The molecule has 306 valence electrons. The average molecular weight is 780 g/mol. The van der Waals surface area contributed by atoms with Gasteiger partial charge in [0.05, 0.1) is 12.1 Å². The summed E-state index contributed by atoms with van der Waals surface area (Å²) in [6.07, 6.45) is 8.43. The highest BCUT2D eigenvalue weighted by atomic mass is 16.2. The minimum atomic E-state index is -1.25. The van der Waals surface area contributed by atoms with Gasteiger partial charge in [-0.25, -0.2) is 0 Å². The molecule has 5 atom stereocenters. The van der Waals surface area contributed by atoms with Gasteiger partial charge in [0.1, 0.15) is 18.1 Å². The lowest BCUT2D eigenvalue weighted by molar-refractivity contribution is -0.157. The molecule has 57 heavy (non-hydrogen) atoms. The Hall–Kier alpha value is -4.91. The van der Waals surface area contributed by atoms with Crippen LogP contribution < -0.4 is 27.4 Å². The number of unbranched alkanes of at least 4 members (excludes halogenated alkanes) is 1. The number of hydrogen-bond acceptors (Lipinski definition) is 8. The van der Waals surface area contributed by atoms with Crippen molar-refractivity contribution in [1.29, 1.82) is 0 Å². The van der Waals surface area contributed by atoms with Crippen molar-refractivity contribution >= 4 is 35.2 Å². The fraction of sp³-hybridized carbons (Fsp3) is 0.489. The molecule has 0 spiro atoms. The molecule has 1 saturated carbocycles. The second-order valence-corrected chi connectivity index (χ2v) is 15.5. The zero-order valence-electron chi connectivity index (χ0n) is 33.3. The van der Waals surface area contributed by atoms with Crippen molar-refractivity contribution in [2.75, 3.05) is 25.5 Å². The van der Waals surface area contributed by atoms with Gasteiger partial charge in [-0.1, -0.05) is 111 Å². The zero-order valence-corrected chi connectivity index (χ0v) is 33.3. The molecule has 1 aliphatic heterocycles. The molecule has 1 heterocycles. The molecule has 12 nitrogen and oxygen atoms in total. The lowest BCUT2D eigenvalue weighted by Crippen LogP contribution is -2.62. The second kappa shape index (κ2) is 22.1. The molecular formula is C45H61N7O5. The Bertz CT molecular complexity index is 1740. The first-order chi connectivity index (χ1) is 27.7. The standard InChI is InChI=1S/C45H61N7O5/c1-48-38(30-33-19-8-3-9-20-33)41(53)50-37(25-14-15-27-46)44(56)51-28-16-26-39(51)45(57)52(43(55)36(47)29-32-17-6-2-7-18-32)40(31-34-21-10-4-11-22-34)42(54)49-35-23-12-5-13-24-35/h3-5,8-13,19-24,32,36-40,48H,2,6-7,14-18,25-31,46-47H2,1H3,(H,49,54)(H,50,53)/t36-,37+,38+,39+,40+/m1/s1. The van der Waals surface area contributed by atoms with Gasteiger partial charge in [-0.15, -0.1) is 0 Å². The Morgan fingerprint density at radius 2 is 1.37 bits per heavy atom. The first-order valence-electron chi connectivity index (χ1n) is 20.7. The van der Waals surface area contributed by atoms with E-state index >= 15 is 4.79 Å². The summed E-state index contributed by atoms with van der Waals surface area (Å²) >= 11 is 0. The third-order valence-electron chi connectivity index (χ3n) is 11.4. The van der Waals surface area contributed by atoms with Crippen LogP contribution in [-0.2, 0) is 36.8 Å². The maximum atomic E-state index is 15.1. The monoisotopic (exact) mass is 779 g/mol. The van der Waals surface area contributed by atoms with Crippen molar-refractivity contribution in [3.8, 4) is 0 Å². The molecule has 0 unspecified atom stereocenters. The lowest BCUT2D eigenvalue weighted by Gasteiger charge is -2.37. The number of nitrogens with one attached hydrogen (secondary N) is 3. The predicted molar refractivity (Wildman–Crippen MR) is 223 cm³/mol. The number of rotatable bonds is 19. The van der Waals surface area contributed by atoms with Crippen LogP contribution in [0.2, 0.25) is 0 Å². The number of likely N-dealkylation sites (tertiary alicyclic amines) is 1. The van der Waals surface area contributed by atoms with Gasteiger partial charge in [0.2, 0.25) is 23.6 Å². The maximum Gasteiger partial charge on any atom is 0.252 e. The third kappa shape index (κ3) is 12.3. The van der Waals surface area contributed by atoms with E-state index in [2.05, 4.69) is 16.0 Å². The van der Waals surface area contributed by atoms with E-state index in [1.54, 1.807) is 31.3 Å². The quantitative estimate of drug-likeness (QED) is 0.112. The van der Waals surface area contributed by atoms with Crippen LogP contribution >= 0.6 is 0 Å². The van der Waals surface area contributed by atoms with Gasteiger partial charge in [-0.2, -0.15) is 0 Å². The second-order valence-electron chi connectivity index (χ2n) is 15.5. The van der Waals surface area contributed by atoms with Crippen LogP contribution in [0.15, 0.2) is 91.0 Å². The number of nitrogens with zero attached hydrogens (tertiary/aromatic N) is 2. The van der Waals surface area contributed by atoms with Gasteiger partial charge in [0, 0.05) is 18.7 Å². The van der Waals surface area contributed by atoms with Crippen LogP contribution in [0, 0.1) is 5.92 Å². The topological polar surface area (TPSA) is 180 Å². The molecule has 12 heteroatoms. The van der Waals surface area contributed by atoms with Crippen LogP contribution in [0.4, 0.5) is 5.69 Å². The van der Waals surface area contributed by atoms with E-state index in [4.69, 9.17) is 11.5 Å². The van der Waals surface area contributed by atoms with E-state index in [0.717, 1.165) is 48.1 Å². The Labute approximate surface area is 337 Å². The van der Waals surface area contributed by atoms with Crippen molar-refractivity contribution in [3.63, 3.8) is 0 Å². The number of anilines is 1. The molecule has 2 fully saturated rings. The Morgan fingerprint density at radius 1 is 0.754 bits per heavy atom. The zero-order chi connectivity index (χ0) is 40.6. The van der Waals surface area contributed by atoms with Crippen molar-refractivity contribution < 1.29 is 24.0 Å². The summed E-state index contributed by atoms with van der Waals surface area (Å²) in [4.78, 5) is 75.1. The number of benzene rings is 3. The molecule has 7 N–H and O–H groups in total. The van der Waals surface area contributed by atoms with Crippen LogP contribution in [-0.4, -0.2) is 89.7 Å². The number of para-hydroxylation sites is 1. The highest BCUT2D eigenvalue weighted by Crippen LogP contribution is 2.29. The van der Waals surface area contributed by atoms with E-state index in [0.29, 0.717) is 57.2 Å². The molecule has 5 amide bonds. The van der Waals surface area contributed by atoms with Gasteiger partial charge in [-0.3, -0.25) is 28.9 Å². The van der Waals surface area contributed by atoms with E-state index in [1.807, 2.05) is 66.7 Å². The van der Waals surface area contributed by atoms with Crippen molar-refractivity contribution in [2.45, 2.75) is 114 Å². The number of amides is 5. The van der Waals surface area contributed by atoms with Crippen molar-refractivity contribution in [3.05, 3.63) is 102 Å². The number of nitrogens with two attached hydrogens (primary N) is 2. The molecule has 1 aliphatic carbocycles. The minimum absolute atomic E-state index is 0.0540. The largest absolute Gasteiger partial charge is 0.343 e. The summed E-state index contributed by atoms with van der Waals surface area (Å²) in [6.45, 7) is 0.687. The number of hydrogen-bond donors (Lipinski definition) is 5. The molecule has 1 saturated heterocycles. The Morgan fingerprint density at radius 3 is 1.98 bits per heavy atom. The predicted octanol–water partition coefficient (Wildman–Crippen LogP) is 4.32. The average Bonchev–Trinajstić information content (AvgIpc) is 3.73. The van der Waals surface area contributed by atoms with Gasteiger partial charge in [0.15, 0.2) is 0 Å². The number of carbonyl (C=O) groups is 5. The molecular weight excluding hydrogens is 719 g/mol. The first-order valence-corrected chi connectivity index (χ1v) is 20.7. The highest BCUT2D eigenvalue weighted by molar-refractivity contribution is 6.07. The minimum Gasteiger partial charge on any atom is -0.343 e. The number of likely N-dealkylation sites (N-methyl/N-ethyl adjacent to an activating group) is 1. The van der Waals surface area contributed by atoms with Crippen LogP contribution in [0.3, 0.4) is 0 Å². The fourth-order valence-electron chi connectivity index (χ4n) is 8.21. The van der Waals surface area contributed by atoms with Crippen molar-refractivity contribution in [1.82, 2.24) is 20.4 Å².